The molecule has 0 aliphatic rings. The minimum absolute atomic E-state index is 0.175. The zero-order valence-corrected chi connectivity index (χ0v) is 31.2. The normalized spacial score (nSPS) is 13.0. The molecule has 0 rings (SSSR count). The number of carbonyl (C=O) groups is 3. The molecular formula is C38H74NO8+. The van der Waals surface area contributed by atoms with Gasteiger partial charge in [-0.2, -0.15) is 0 Å². The Morgan fingerprint density at radius 3 is 1.36 bits per heavy atom. The molecule has 0 aromatic heterocycles. The third-order valence-corrected chi connectivity index (χ3v) is 8.36. The van der Waals surface area contributed by atoms with Crippen molar-refractivity contribution in [1.29, 1.82) is 0 Å². The lowest BCUT2D eigenvalue weighted by Crippen LogP contribution is -2.40. The van der Waals surface area contributed by atoms with E-state index >= 15 is 0 Å². The zero-order chi connectivity index (χ0) is 35.0. The highest BCUT2D eigenvalue weighted by molar-refractivity contribution is 5.71. The molecular weight excluding hydrogens is 598 g/mol. The molecule has 0 aromatic carbocycles. The number of rotatable bonds is 35. The van der Waals surface area contributed by atoms with Crippen LogP contribution in [0.1, 0.15) is 168 Å². The number of ether oxygens (including phenoxy) is 4. The molecule has 0 amide bonds. The standard InChI is InChI=1S/C38H73NO8/c1-6-8-10-12-14-16-18-19-21-23-25-27-29-36(41)47-34(33-46-38(37(42)43)44-31-30-39(3,4)5)32-45-35(40)28-26-24-22-20-17-15-13-11-9-7-2/h34,38H,6-33H2,1-5H3/p+1. The maximum Gasteiger partial charge on any atom is 0.361 e. The molecule has 2 unspecified atom stereocenters. The highest BCUT2D eigenvalue weighted by atomic mass is 16.7. The molecule has 0 heterocycles. The van der Waals surface area contributed by atoms with Gasteiger partial charge in [0.2, 0.25) is 0 Å². The van der Waals surface area contributed by atoms with Crippen LogP contribution in [0.4, 0.5) is 0 Å². The van der Waals surface area contributed by atoms with Gasteiger partial charge in [0.1, 0.15) is 13.2 Å². The Hall–Kier alpha value is -1.71. The second kappa shape index (κ2) is 31.6. The van der Waals surface area contributed by atoms with Crippen molar-refractivity contribution in [1.82, 2.24) is 0 Å². The Kier molecular flexibility index (Phi) is 30.4. The van der Waals surface area contributed by atoms with Gasteiger partial charge in [-0.25, -0.2) is 4.79 Å². The van der Waals surface area contributed by atoms with Gasteiger partial charge in [0.05, 0.1) is 34.4 Å². The molecule has 0 aliphatic heterocycles. The van der Waals surface area contributed by atoms with Gasteiger partial charge in [-0.05, 0) is 12.8 Å². The molecule has 0 aliphatic carbocycles. The molecule has 0 spiro atoms. The lowest BCUT2D eigenvalue weighted by molar-refractivity contribution is -0.870. The van der Waals surface area contributed by atoms with Gasteiger partial charge in [-0.1, -0.05) is 142 Å². The summed E-state index contributed by atoms with van der Waals surface area (Å²) in [6, 6.07) is 0. The number of nitrogens with zero attached hydrogens (tertiary/aromatic N) is 1. The lowest BCUT2D eigenvalue weighted by Gasteiger charge is -2.25. The molecule has 278 valence electrons. The topological polar surface area (TPSA) is 108 Å². The van der Waals surface area contributed by atoms with Gasteiger partial charge in [0.25, 0.3) is 6.29 Å². The van der Waals surface area contributed by atoms with Gasteiger partial charge in [0, 0.05) is 12.8 Å². The van der Waals surface area contributed by atoms with Crippen LogP contribution in [0.25, 0.3) is 0 Å². The van der Waals surface area contributed by atoms with Crippen molar-refractivity contribution in [2.24, 2.45) is 0 Å². The maximum atomic E-state index is 12.6. The average molecular weight is 673 g/mol. The number of unbranched alkanes of at least 4 members (excludes halogenated alkanes) is 20. The third kappa shape index (κ3) is 32.6. The van der Waals surface area contributed by atoms with E-state index in [4.69, 9.17) is 18.9 Å². The molecule has 2 atom stereocenters. The van der Waals surface area contributed by atoms with Gasteiger partial charge in [0.15, 0.2) is 6.10 Å². The molecule has 0 bridgehead atoms. The van der Waals surface area contributed by atoms with Crippen molar-refractivity contribution in [2.45, 2.75) is 180 Å². The first kappa shape index (κ1) is 45.3. The van der Waals surface area contributed by atoms with E-state index in [2.05, 4.69) is 13.8 Å². The number of quaternary nitrogens is 1. The number of carbonyl (C=O) groups excluding carboxylic acids is 2. The summed E-state index contributed by atoms with van der Waals surface area (Å²) < 4.78 is 22.6. The monoisotopic (exact) mass is 673 g/mol. The fourth-order valence-corrected chi connectivity index (χ4v) is 5.31. The zero-order valence-electron chi connectivity index (χ0n) is 31.2. The molecule has 0 aromatic rings. The number of likely N-dealkylation sites (N-methyl/N-ethyl adjacent to an activating group) is 1. The van der Waals surface area contributed by atoms with E-state index < -0.39 is 24.3 Å². The highest BCUT2D eigenvalue weighted by Gasteiger charge is 2.25. The first-order valence-corrected chi connectivity index (χ1v) is 19.2. The fraction of sp³-hybridized carbons (Fsp3) is 0.921. The van der Waals surface area contributed by atoms with Gasteiger partial charge >= 0.3 is 17.9 Å². The summed E-state index contributed by atoms with van der Waals surface area (Å²) in [5.74, 6) is -2.00. The van der Waals surface area contributed by atoms with Crippen LogP contribution in [-0.4, -0.2) is 87.4 Å². The maximum absolute atomic E-state index is 12.6. The summed E-state index contributed by atoms with van der Waals surface area (Å²) in [5, 5.41) is 9.57. The van der Waals surface area contributed by atoms with Crippen LogP contribution in [0.3, 0.4) is 0 Å². The lowest BCUT2D eigenvalue weighted by atomic mass is 10.0. The molecule has 0 radical (unpaired) electrons. The van der Waals surface area contributed by atoms with E-state index in [1.807, 2.05) is 21.1 Å². The first-order chi connectivity index (χ1) is 22.6. The van der Waals surface area contributed by atoms with E-state index in [0.717, 1.165) is 38.5 Å². The molecule has 0 saturated heterocycles. The van der Waals surface area contributed by atoms with Crippen molar-refractivity contribution < 1.29 is 42.9 Å². The van der Waals surface area contributed by atoms with Crippen LogP contribution in [0.2, 0.25) is 0 Å². The van der Waals surface area contributed by atoms with E-state index in [1.54, 1.807) is 0 Å². The van der Waals surface area contributed by atoms with Gasteiger partial charge < -0.3 is 28.5 Å². The highest BCUT2D eigenvalue weighted by Crippen LogP contribution is 2.14. The van der Waals surface area contributed by atoms with E-state index in [1.165, 1.54) is 103 Å². The minimum atomic E-state index is -1.50. The quantitative estimate of drug-likeness (QED) is 0.0308. The van der Waals surface area contributed by atoms with Crippen molar-refractivity contribution in [3.05, 3.63) is 0 Å². The Morgan fingerprint density at radius 2 is 0.957 bits per heavy atom. The van der Waals surface area contributed by atoms with Crippen LogP contribution in [0, 0.1) is 0 Å². The van der Waals surface area contributed by atoms with Crippen molar-refractivity contribution >= 4 is 17.9 Å². The predicted molar refractivity (Wildman–Crippen MR) is 189 cm³/mol. The molecule has 0 saturated carbocycles. The SMILES string of the molecule is CCCCCCCCCCCCCCC(=O)OC(COC(=O)CCCCCCCCCCCC)COC(OCC[N+](C)(C)C)C(=O)O. The van der Waals surface area contributed by atoms with Crippen LogP contribution in [0.5, 0.6) is 0 Å². The van der Waals surface area contributed by atoms with Crippen LogP contribution < -0.4 is 0 Å². The average Bonchev–Trinajstić information content (AvgIpc) is 3.02. The smallest absolute Gasteiger partial charge is 0.361 e. The fourth-order valence-electron chi connectivity index (χ4n) is 5.31. The second-order valence-electron chi connectivity index (χ2n) is 14.3. The summed E-state index contributed by atoms with van der Waals surface area (Å²) in [6.45, 7) is 4.85. The van der Waals surface area contributed by atoms with Crippen molar-refractivity contribution in [3.63, 3.8) is 0 Å². The Balaban J connectivity index is 4.53. The summed E-state index contributed by atoms with van der Waals surface area (Å²) in [7, 11) is 5.95. The first-order valence-electron chi connectivity index (χ1n) is 19.2. The van der Waals surface area contributed by atoms with E-state index in [9.17, 15) is 19.5 Å². The molecule has 9 nitrogen and oxygen atoms in total. The number of aliphatic carboxylic acids is 1. The number of hydrogen-bond donors (Lipinski definition) is 1. The minimum Gasteiger partial charge on any atom is -0.477 e. The summed E-state index contributed by atoms with van der Waals surface area (Å²) in [6.07, 6.45) is 24.4. The van der Waals surface area contributed by atoms with Crippen LogP contribution >= 0.6 is 0 Å². The summed E-state index contributed by atoms with van der Waals surface area (Å²) >= 11 is 0. The van der Waals surface area contributed by atoms with E-state index in [-0.39, 0.29) is 32.2 Å². The Bertz CT molecular complexity index is 754. The van der Waals surface area contributed by atoms with Crippen molar-refractivity contribution in [3.8, 4) is 0 Å². The Labute approximate surface area is 288 Å². The summed E-state index contributed by atoms with van der Waals surface area (Å²) in [5.41, 5.74) is 0. The largest absolute Gasteiger partial charge is 0.477 e. The second-order valence-corrected chi connectivity index (χ2v) is 14.3. The molecule has 1 N–H and O–H groups in total. The van der Waals surface area contributed by atoms with Gasteiger partial charge in [-0.15, -0.1) is 0 Å². The number of carboxylic acids is 1. The number of hydrogen-bond acceptors (Lipinski definition) is 7. The predicted octanol–water partition coefficient (Wildman–Crippen LogP) is 8.99. The van der Waals surface area contributed by atoms with Gasteiger partial charge in [-0.3, -0.25) is 9.59 Å². The molecule has 9 heteroatoms. The van der Waals surface area contributed by atoms with Crippen molar-refractivity contribution in [2.75, 3.05) is 47.5 Å². The van der Waals surface area contributed by atoms with E-state index in [0.29, 0.717) is 17.4 Å². The molecule has 0 fully saturated rings. The Morgan fingerprint density at radius 1 is 0.553 bits per heavy atom. The summed E-state index contributed by atoms with van der Waals surface area (Å²) in [4.78, 5) is 36.8. The van der Waals surface area contributed by atoms with Crippen LogP contribution in [-0.2, 0) is 33.3 Å². The third-order valence-electron chi connectivity index (χ3n) is 8.36. The number of esters is 2. The molecule has 47 heavy (non-hydrogen) atoms. The number of carboxylic acid groups (broad SMARTS) is 1. The van der Waals surface area contributed by atoms with Crippen LogP contribution in [0.15, 0.2) is 0 Å².